The number of benzene rings is 1. The number of amides is 1. The smallest absolute Gasteiger partial charge is 0.250 e. The van der Waals surface area contributed by atoms with Crippen LogP contribution < -0.4 is 4.90 Å². The molecule has 0 aromatic heterocycles. The number of hydrogen-bond donors (Lipinski definition) is 0. The lowest BCUT2D eigenvalue weighted by Crippen LogP contribution is -2.37. The maximum atomic E-state index is 13.9. The zero-order chi connectivity index (χ0) is 17.6. The third-order valence-electron chi connectivity index (χ3n) is 3.95. The number of nitrogens with zero attached hydrogens (tertiary/aromatic N) is 2. The predicted octanol–water partition coefficient (Wildman–Crippen LogP) is 2.74. The third-order valence-corrected chi connectivity index (χ3v) is 7.46. The van der Waals surface area contributed by atoms with Crippen LogP contribution in [0.15, 0.2) is 23.2 Å². The summed E-state index contributed by atoms with van der Waals surface area (Å²) in [5.74, 6) is -1.17. The SMILES string of the molecule is CC(C)C(=O)N=C1SC2CS(=O)(=O)CC2N1c1ccc(Cl)c(F)c1. The zero-order valence-corrected chi connectivity index (χ0v) is 15.5. The number of fused-ring (bicyclic) bond motifs is 1. The molecule has 0 saturated carbocycles. The summed E-state index contributed by atoms with van der Waals surface area (Å²) in [6.45, 7) is 3.48. The highest BCUT2D eigenvalue weighted by Crippen LogP contribution is 2.41. The molecule has 2 aliphatic rings. The maximum absolute atomic E-state index is 13.9. The highest BCUT2D eigenvalue weighted by molar-refractivity contribution is 8.16. The molecule has 1 aromatic carbocycles. The monoisotopic (exact) mass is 390 g/mol. The van der Waals surface area contributed by atoms with Gasteiger partial charge in [0.1, 0.15) is 5.82 Å². The van der Waals surface area contributed by atoms with Crippen molar-refractivity contribution in [2.45, 2.75) is 25.1 Å². The molecule has 3 rings (SSSR count). The van der Waals surface area contributed by atoms with Gasteiger partial charge in [0.15, 0.2) is 15.0 Å². The van der Waals surface area contributed by atoms with E-state index in [1.807, 2.05) is 0 Å². The van der Waals surface area contributed by atoms with E-state index in [1.165, 1.54) is 23.9 Å². The van der Waals surface area contributed by atoms with E-state index in [1.54, 1.807) is 24.8 Å². The van der Waals surface area contributed by atoms with Crippen LogP contribution in [0.1, 0.15) is 13.8 Å². The van der Waals surface area contributed by atoms with Crippen LogP contribution in [0.4, 0.5) is 10.1 Å². The second-order valence-electron chi connectivity index (χ2n) is 6.16. The van der Waals surface area contributed by atoms with Crippen LogP contribution in [0.25, 0.3) is 0 Å². The third kappa shape index (κ3) is 3.32. The van der Waals surface area contributed by atoms with Crippen molar-refractivity contribution in [3.63, 3.8) is 0 Å². The predicted molar refractivity (Wildman–Crippen MR) is 95.0 cm³/mol. The summed E-state index contributed by atoms with van der Waals surface area (Å²) in [5.41, 5.74) is 0.448. The first-order valence-electron chi connectivity index (χ1n) is 7.42. The molecule has 2 aliphatic heterocycles. The van der Waals surface area contributed by atoms with Crippen LogP contribution in [-0.2, 0) is 14.6 Å². The molecule has 2 saturated heterocycles. The van der Waals surface area contributed by atoms with Crippen LogP contribution in [0.3, 0.4) is 0 Å². The van der Waals surface area contributed by atoms with Crippen LogP contribution in [0.5, 0.6) is 0 Å². The Hall–Kier alpha value is -1.12. The Labute approximate surface area is 149 Å². The fraction of sp³-hybridized carbons (Fsp3) is 0.467. The molecule has 1 aromatic rings. The summed E-state index contributed by atoms with van der Waals surface area (Å²) in [5, 5.41) is 0.186. The van der Waals surface area contributed by atoms with Gasteiger partial charge in [0.05, 0.1) is 22.6 Å². The van der Waals surface area contributed by atoms with Gasteiger partial charge in [-0.2, -0.15) is 4.99 Å². The Kier molecular flexibility index (Phi) is 4.65. The molecular weight excluding hydrogens is 375 g/mol. The number of halogens is 2. The van der Waals surface area contributed by atoms with E-state index in [0.717, 1.165) is 0 Å². The van der Waals surface area contributed by atoms with E-state index >= 15 is 0 Å². The Morgan fingerprint density at radius 3 is 2.75 bits per heavy atom. The number of amidine groups is 1. The number of thioether (sulfide) groups is 1. The van der Waals surface area contributed by atoms with E-state index in [9.17, 15) is 17.6 Å². The lowest BCUT2D eigenvalue weighted by atomic mass is 10.2. The summed E-state index contributed by atoms with van der Waals surface area (Å²) in [7, 11) is -3.16. The van der Waals surface area contributed by atoms with Crippen molar-refractivity contribution in [2.75, 3.05) is 16.4 Å². The lowest BCUT2D eigenvalue weighted by molar-refractivity contribution is -0.120. The number of anilines is 1. The molecule has 1 amide bonds. The standard InChI is InChI=1S/C15H16ClFN2O3S2/c1-8(2)14(20)18-15-19(9-3-4-10(16)11(17)5-9)12-6-24(21,22)7-13(12)23-15/h3-5,8,12-13H,6-7H2,1-2H3. The highest BCUT2D eigenvalue weighted by Gasteiger charge is 2.49. The first kappa shape index (κ1) is 17.7. The molecule has 0 spiro atoms. The van der Waals surface area contributed by atoms with Crippen molar-refractivity contribution in [1.82, 2.24) is 0 Å². The Bertz CT molecular complexity index is 826. The van der Waals surface area contributed by atoms with E-state index in [4.69, 9.17) is 11.6 Å². The number of carbonyl (C=O) groups excluding carboxylic acids is 1. The van der Waals surface area contributed by atoms with Gasteiger partial charge in [-0.3, -0.25) is 4.79 Å². The molecule has 2 unspecified atom stereocenters. The van der Waals surface area contributed by atoms with Crippen molar-refractivity contribution in [1.29, 1.82) is 0 Å². The number of hydrogen-bond acceptors (Lipinski definition) is 4. The van der Waals surface area contributed by atoms with Gasteiger partial charge in [-0.15, -0.1) is 0 Å². The number of aliphatic imine (C=N–C) groups is 1. The van der Waals surface area contributed by atoms with Crippen LogP contribution in [-0.4, -0.2) is 42.3 Å². The van der Waals surface area contributed by atoms with Gasteiger partial charge < -0.3 is 4.90 Å². The van der Waals surface area contributed by atoms with Gasteiger partial charge in [0.2, 0.25) is 0 Å². The molecule has 0 N–H and O–H groups in total. The van der Waals surface area contributed by atoms with E-state index in [2.05, 4.69) is 4.99 Å². The average molecular weight is 391 g/mol. The Morgan fingerprint density at radius 2 is 2.12 bits per heavy atom. The Morgan fingerprint density at radius 1 is 1.42 bits per heavy atom. The van der Waals surface area contributed by atoms with Gasteiger partial charge in [-0.1, -0.05) is 37.2 Å². The van der Waals surface area contributed by atoms with Crippen molar-refractivity contribution < 1.29 is 17.6 Å². The molecule has 130 valence electrons. The lowest BCUT2D eigenvalue weighted by Gasteiger charge is -2.24. The van der Waals surface area contributed by atoms with Crippen LogP contribution >= 0.6 is 23.4 Å². The highest BCUT2D eigenvalue weighted by atomic mass is 35.5. The summed E-state index contributed by atoms with van der Waals surface area (Å²) < 4.78 is 37.7. The number of sulfone groups is 1. The molecule has 2 heterocycles. The Balaban J connectivity index is 2.04. The minimum Gasteiger partial charge on any atom is -0.315 e. The second kappa shape index (κ2) is 6.31. The molecule has 0 bridgehead atoms. The maximum Gasteiger partial charge on any atom is 0.250 e. The largest absolute Gasteiger partial charge is 0.315 e. The minimum atomic E-state index is -3.16. The van der Waals surface area contributed by atoms with Gasteiger partial charge in [0, 0.05) is 16.9 Å². The molecular formula is C15H16ClFN2O3S2. The van der Waals surface area contributed by atoms with Crippen molar-refractivity contribution in [3.8, 4) is 0 Å². The van der Waals surface area contributed by atoms with E-state index < -0.39 is 15.7 Å². The normalized spacial score (nSPS) is 27.0. The molecule has 24 heavy (non-hydrogen) atoms. The average Bonchev–Trinajstić information content (AvgIpc) is 2.93. The van der Waals surface area contributed by atoms with Gasteiger partial charge >= 0.3 is 0 Å². The molecule has 0 radical (unpaired) electrons. The van der Waals surface area contributed by atoms with Crippen LogP contribution in [0.2, 0.25) is 5.02 Å². The molecule has 9 heteroatoms. The molecule has 2 atom stereocenters. The summed E-state index contributed by atoms with van der Waals surface area (Å²) >= 11 is 6.99. The van der Waals surface area contributed by atoms with Crippen molar-refractivity contribution >= 4 is 50.0 Å². The first-order chi connectivity index (χ1) is 11.2. The second-order valence-corrected chi connectivity index (χ2v) is 9.92. The topological polar surface area (TPSA) is 66.8 Å². The number of carbonyl (C=O) groups is 1. The molecule has 0 aliphatic carbocycles. The summed E-state index contributed by atoms with van der Waals surface area (Å²) in [6, 6.07) is 3.90. The fourth-order valence-corrected chi connectivity index (χ4v) is 6.76. The van der Waals surface area contributed by atoms with Gasteiger partial charge in [-0.05, 0) is 18.2 Å². The van der Waals surface area contributed by atoms with Crippen molar-refractivity contribution in [2.24, 2.45) is 10.9 Å². The zero-order valence-electron chi connectivity index (χ0n) is 13.1. The fourth-order valence-electron chi connectivity index (χ4n) is 2.72. The summed E-state index contributed by atoms with van der Waals surface area (Å²) in [4.78, 5) is 17.8. The quantitative estimate of drug-likeness (QED) is 0.776. The molecule has 2 fully saturated rings. The van der Waals surface area contributed by atoms with E-state index in [0.29, 0.717) is 10.9 Å². The molecule has 5 nitrogen and oxygen atoms in total. The van der Waals surface area contributed by atoms with Gasteiger partial charge in [-0.25, -0.2) is 12.8 Å². The summed E-state index contributed by atoms with van der Waals surface area (Å²) in [6.07, 6.45) is 0. The van der Waals surface area contributed by atoms with Crippen LogP contribution in [0, 0.1) is 11.7 Å². The minimum absolute atomic E-state index is 0.0158. The van der Waals surface area contributed by atoms with Gasteiger partial charge in [0.25, 0.3) is 5.91 Å². The van der Waals surface area contributed by atoms with Crippen molar-refractivity contribution in [3.05, 3.63) is 29.0 Å². The first-order valence-corrected chi connectivity index (χ1v) is 10.5. The van der Waals surface area contributed by atoms with E-state index in [-0.39, 0.29) is 39.6 Å². The number of rotatable bonds is 2.